The highest BCUT2D eigenvalue weighted by Crippen LogP contribution is 2.39. The van der Waals surface area contributed by atoms with E-state index in [-0.39, 0.29) is 5.91 Å². The number of anilines is 1. The van der Waals surface area contributed by atoms with Gasteiger partial charge in [-0.25, -0.2) is 4.79 Å². The van der Waals surface area contributed by atoms with Gasteiger partial charge in [0.25, 0.3) is 0 Å². The first-order valence-electron chi connectivity index (χ1n) is 9.60. The fourth-order valence-electron chi connectivity index (χ4n) is 3.25. The molecule has 1 aliphatic carbocycles. The van der Waals surface area contributed by atoms with E-state index in [2.05, 4.69) is 5.32 Å². The van der Waals surface area contributed by atoms with Crippen LogP contribution in [0.15, 0.2) is 24.3 Å². The van der Waals surface area contributed by atoms with Crippen LogP contribution in [-0.4, -0.2) is 32.7 Å². The summed E-state index contributed by atoms with van der Waals surface area (Å²) in [5.41, 5.74) is 2.31. The maximum absolute atomic E-state index is 12.4. The number of fused-ring (bicyclic) bond motifs is 1. The van der Waals surface area contributed by atoms with Crippen molar-refractivity contribution in [1.29, 1.82) is 0 Å². The van der Waals surface area contributed by atoms with Gasteiger partial charge in [0.1, 0.15) is 5.00 Å². The molecule has 7 heteroatoms. The smallest absolute Gasteiger partial charge is 0.341 e. The Labute approximate surface area is 174 Å². The third-order valence-electron chi connectivity index (χ3n) is 4.62. The zero-order valence-electron chi connectivity index (χ0n) is 16.9. The molecule has 0 spiro atoms. The number of hydrogen-bond donors (Lipinski definition) is 1. The van der Waals surface area contributed by atoms with Crippen molar-refractivity contribution in [2.24, 2.45) is 0 Å². The zero-order chi connectivity index (χ0) is 20.8. The zero-order valence-corrected chi connectivity index (χ0v) is 17.7. The number of thiophene rings is 1. The summed E-state index contributed by atoms with van der Waals surface area (Å²) >= 11 is 1.45. The predicted molar refractivity (Wildman–Crippen MR) is 114 cm³/mol. The first-order chi connectivity index (χ1) is 14.1. The molecule has 0 bridgehead atoms. The number of rotatable bonds is 8. The number of ether oxygens (including phenoxy) is 3. The summed E-state index contributed by atoms with van der Waals surface area (Å²) in [5, 5.41) is 3.38. The van der Waals surface area contributed by atoms with Crippen LogP contribution in [0.3, 0.4) is 0 Å². The first kappa shape index (κ1) is 20.9. The van der Waals surface area contributed by atoms with Crippen LogP contribution in [-0.2, 0) is 22.4 Å². The first-order valence-corrected chi connectivity index (χ1v) is 10.4. The topological polar surface area (TPSA) is 73.9 Å². The van der Waals surface area contributed by atoms with E-state index < -0.39 is 5.97 Å². The number of esters is 1. The average Bonchev–Trinajstić information content (AvgIpc) is 3.31. The number of nitrogens with one attached hydrogen (secondary N) is 1. The summed E-state index contributed by atoms with van der Waals surface area (Å²) in [7, 11) is 2.94. The molecular formula is C22H25NO5S. The molecule has 0 radical (unpaired) electrons. The van der Waals surface area contributed by atoms with E-state index in [1.807, 2.05) is 25.1 Å². The van der Waals surface area contributed by atoms with E-state index in [4.69, 9.17) is 14.2 Å². The number of aryl methyl sites for hydroxylation is 1. The molecule has 0 aliphatic heterocycles. The Morgan fingerprint density at radius 1 is 1.21 bits per heavy atom. The van der Waals surface area contributed by atoms with Crippen LogP contribution < -0.4 is 14.8 Å². The van der Waals surface area contributed by atoms with Crippen LogP contribution in [0.25, 0.3) is 6.08 Å². The molecule has 6 nitrogen and oxygen atoms in total. The van der Waals surface area contributed by atoms with Crippen molar-refractivity contribution in [2.75, 3.05) is 26.1 Å². The lowest BCUT2D eigenvalue weighted by Gasteiger charge is -2.10. The summed E-state index contributed by atoms with van der Waals surface area (Å²) in [5.74, 6) is 0.576. The number of amides is 1. The van der Waals surface area contributed by atoms with Crippen LogP contribution in [0.4, 0.5) is 5.00 Å². The third kappa shape index (κ3) is 4.79. The van der Waals surface area contributed by atoms with E-state index in [1.54, 1.807) is 13.2 Å². The van der Waals surface area contributed by atoms with Crippen molar-refractivity contribution < 1.29 is 23.8 Å². The Morgan fingerprint density at radius 2 is 2.03 bits per heavy atom. The largest absolute Gasteiger partial charge is 0.493 e. The normalized spacial score (nSPS) is 12.7. The highest BCUT2D eigenvalue weighted by atomic mass is 32.1. The minimum absolute atomic E-state index is 0.305. The Kier molecular flexibility index (Phi) is 6.93. The number of benzene rings is 1. The van der Waals surface area contributed by atoms with Gasteiger partial charge in [0.2, 0.25) is 5.91 Å². The molecule has 0 unspecified atom stereocenters. The van der Waals surface area contributed by atoms with Gasteiger partial charge in [-0.15, -0.1) is 11.3 Å². The fourth-order valence-corrected chi connectivity index (χ4v) is 4.54. The highest BCUT2D eigenvalue weighted by Gasteiger charge is 2.27. The standard InChI is InChI=1S/C22H25NO5S/c1-4-12-28-16-10-8-14(13-17(16)26-2)9-11-19(24)23-21-20(22(25)27-3)15-6-5-7-18(15)29-21/h8-11,13H,4-7,12H2,1-3H3,(H,23,24). The molecule has 0 saturated heterocycles. The van der Waals surface area contributed by atoms with Gasteiger partial charge >= 0.3 is 5.97 Å². The molecule has 2 aromatic rings. The number of hydrogen-bond acceptors (Lipinski definition) is 6. The SMILES string of the molecule is CCCOc1ccc(C=CC(=O)Nc2sc3c(c2C(=O)OC)CCC3)cc1OC. The van der Waals surface area contributed by atoms with Crippen molar-refractivity contribution in [2.45, 2.75) is 32.6 Å². The van der Waals surface area contributed by atoms with Crippen LogP contribution >= 0.6 is 11.3 Å². The Morgan fingerprint density at radius 3 is 2.76 bits per heavy atom. The molecule has 3 rings (SSSR count). The second-order valence-corrected chi connectivity index (χ2v) is 7.74. The predicted octanol–water partition coefficient (Wildman–Crippen LogP) is 4.47. The molecule has 1 heterocycles. The lowest BCUT2D eigenvalue weighted by atomic mass is 10.1. The maximum atomic E-state index is 12.4. The highest BCUT2D eigenvalue weighted by molar-refractivity contribution is 7.17. The summed E-state index contributed by atoms with van der Waals surface area (Å²) in [6, 6.07) is 5.50. The minimum atomic E-state index is -0.406. The fraction of sp³-hybridized carbons (Fsp3) is 0.364. The van der Waals surface area contributed by atoms with E-state index in [1.165, 1.54) is 24.5 Å². The number of carbonyl (C=O) groups excluding carboxylic acids is 2. The quantitative estimate of drug-likeness (QED) is 0.509. The molecule has 29 heavy (non-hydrogen) atoms. The molecule has 0 atom stereocenters. The summed E-state index contributed by atoms with van der Waals surface area (Å²) in [6.45, 7) is 2.65. The minimum Gasteiger partial charge on any atom is -0.493 e. The van der Waals surface area contributed by atoms with Crippen molar-refractivity contribution in [3.63, 3.8) is 0 Å². The van der Waals surface area contributed by atoms with E-state index >= 15 is 0 Å². The van der Waals surface area contributed by atoms with Gasteiger partial charge in [-0.05, 0) is 55.0 Å². The third-order valence-corrected chi connectivity index (χ3v) is 5.83. The number of carbonyl (C=O) groups is 2. The lowest BCUT2D eigenvalue weighted by Crippen LogP contribution is -2.12. The van der Waals surface area contributed by atoms with Gasteiger partial charge in [0.05, 0.1) is 26.4 Å². The molecule has 1 amide bonds. The summed E-state index contributed by atoms with van der Waals surface area (Å²) < 4.78 is 15.9. The molecule has 0 saturated carbocycles. The van der Waals surface area contributed by atoms with Crippen molar-refractivity contribution >= 4 is 34.3 Å². The van der Waals surface area contributed by atoms with E-state index in [9.17, 15) is 9.59 Å². The van der Waals surface area contributed by atoms with Crippen molar-refractivity contribution in [3.8, 4) is 11.5 Å². The van der Waals surface area contributed by atoms with E-state index in [0.29, 0.717) is 28.7 Å². The monoisotopic (exact) mass is 415 g/mol. The van der Waals surface area contributed by atoms with Gasteiger partial charge in [-0.1, -0.05) is 13.0 Å². The van der Waals surface area contributed by atoms with Crippen LogP contribution in [0.1, 0.15) is 46.1 Å². The van der Waals surface area contributed by atoms with Crippen molar-refractivity contribution in [3.05, 3.63) is 45.8 Å². The molecule has 154 valence electrons. The molecule has 1 aliphatic rings. The lowest BCUT2D eigenvalue weighted by molar-refractivity contribution is -0.111. The van der Waals surface area contributed by atoms with Gasteiger partial charge in [-0.3, -0.25) is 4.79 Å². The van der Waals surface area contributed by atoms with Gasteiger partial charge in [-0.2, -0.15) is 0 Å². The Balaban J connectivity index is 1.73. The average molecular weight is 416 g/mol. The van der Waals surface area contributed by atoms with Crippen LogP contribution in [0.5, 0.6) is 11.5 Å². The van der Waals surface area contributed by atoms with E-state index in [0.717, 1.165) is 41.7 Å². The molecule has 1 N–H and O–H groups in total. The second-order valence-electron chi connectivity index (χ2n) is 6.63. The molecule has 1 aromatic carbocycles. The Bertz CT molecular complexity index is 932. The number of methoxy groups -OCH3 is 2. The van der Waals surface area contributed by atoms with Crippen molar-refractivity contribution in [1.82, 2.24) is 0 Å². The van der Waals surface area contributed by atoms with Gasteiger partial charge in [0.15, 0.2) is 11.5 Å². The summed E-state index contributed by atoms with van der Waals surface area (Å²) in [4.78, 5) is 25.8. The molecular weight excluding hydrogens is 390 g/mol. The molecule has 0 fully saturated rings. The van der Waals surface area contributed by atoms with Crippen LogP contribution in [0.2, 0.25) is 0 Å². The van der Waals surface area contributed by atoms with Crippen LogP contribution in [0, 0.1) is 0 Å². The summed E-state index contributed by atoms with van der Waals surface area (Å²) in [6.07, 6.45) is 6.84. The Hall–Kier alpha value is -2.80. The van der Waals surface area contributed by atoms with Gasteiger partial charge < -0.3 is 19.5 Å². The van der Waals surface area contributed by atoms with Gasteiger partial charge in [0, 0.05) is 11.0 Å². The maximum Gasteiger partial charge on any atom is 0.341 e. The molecule has 1 aromatic heterocycles. The second kappa shape index (κ2) is 9.60.